The third-order valence-corrected chi connectivity index (χ3v) is 3.61. The number of nitrogens with one attached hydrogen (secondary N) is 1. The van der Waals surface area contributed by atoms with E-state index in [0.29, 0.717) is 5.56 Å². The smallest absolute Gasteiger partial charge is 0.389 e. The van der Waals surface area contributed by atoms with Gasteiger partial charge in [0.1, 0.15) is 0 Å². The number of carboxylic acid groups (broad SMARTS) is 1. The van der Waals surface area contributed by atoms with Crippen molar-refractivity contribution in [1.82, 2.24) is 5.32 Å². The molecule has 1 aromatic rings. The lowest BCUT2D eigenvalue weighted by atomic mass is 10.0. The molecule has 122 valence electrons. The first kappa shape index (κ1) is 18.3. The molecule has 1 aromatic carbocycles. The van der Waals surface area contributed by atoms with Gasteiger partial charge in [0, 0.05) is 11.3 Å². The van der Waals surface area contributed by atoms with Gasteiger partial charge in [0.15, 0.2) is 0 Å². The predicted molar refractivity (Wildman–Crippen MR) is 76.6 cm³/mol. The van der Waals surface area contributed by atoms with E-state index in [9.17, 15) is 22.8 Å². The van der Waals surface area contributed by atoms with Crippen molar-refractivity contribution in [2.45, 2.75) is 36.4 Å². The maximum absolute atomic E-state index is 12.1. The zero-order valence-corrected chi connectivity index (χ0v) is 12.6. The largest absolute Gasteiger partial charge is 0.481 e. The third-order valence-electron chi connectivity index (χ3n) is 2.87. The molecule has 0 aliphatic rings. The Morgan fingerprint density at radius 1 is 1.27 bits per heavy atom. The first-order valence-corrected chi connectivity index (χ1v) is 7.65. The van der Waals surface area contributed by atoms with Crippen molar-refractivity contribution in [2.75, 3.05) is 6.26 Å². The summed E-state index contributed by atoms with van der Waals surface area (Å²) < 4.78 is 36.3. The molecular formula is C14H16F3NO3S. The summed E-state index contributed by atoms with van der Waals surface area (Å²) in [6.45, 7) is 0. The van der Waals surface area contributed by atoms with Gasteiger partial charge >= 0.3 is 12.1 Å². The van der Waals surface area contributed by atoms with E-state index in [2.05, 4.69) is 5.32 Å². The van der Waals surface area contributed by atoms with Crippen molar-refractivity contribution in [2.24, 2.45) is 0 Å². The van der Waals surface area contributed by atoms with Crippen LogP contribution in [0.15, 0.2) is 29.2 Å². The van der Waals surface area contributed by atoms with Crippen LogP contribution in [0.4, 0.5) is 13.2 Å². The first-order valence-electron chi connectivity index (χ1n) is 6.43. The molecule has 0 spiro atoms. The van der Waals surface area contributed by atoms with E-state index in [1.165, 1.54) is 11.8 Å². The van der Waals surface area contributed by atoms with Crippen molar-refractivity contribution in [1.29, 1.82) is 0 Å². The molecular weight excluding hydrogens is 319 g/mol. The highest BCUT2D eigenvalue weighted by Gasteiger charge is 2.28. The molecule has 0 aromatic heterocycles. The lowest BCUT2D eigenvalue weighted by molar-refractivity contribution is -0.145. The van der Waals surface area contributed by atoms with Crippen LogP contribution >= 0.6 is 11.8 Å². The van der Waals surface area contributed by atoms with Crippen molar-refractivity contribution < 1.29 is 27.9 Å². The van der Waals surface area contributed by atoms with Crippen LogP contribution in [0.5, 0.6) is 0 Å². The van der Waals surface area contributed by atoms with Crippen LogP contribution in [-0.2, 0) is 9.59 Å². The maximum atomic E-state index is 12.1. The Bertz CT molecular complexity index is 517. The number of aliphatic carboxylic acids is 1. The summed E-state index contributed by atoms with van der Waals surface area (Å²) in [4.78, 5) is 23.4. The van der Waals surface area contributed by atoms with E-state index in [1.807, 2.05) is 6.26 Å². The Morgan fingerprint density at radius 2 is 1.86 bits per heavy atom. The fraction of sp³-hybridized carbons (Fsp3) is 0.429. The molecule has 0 fully saturated rings. The SMILES string of the molecule is CSc1ccc(C(CC(=O)O)NC(=O)CCC(F)(F)F)cc1. The molecule has 1 unspecified atom stereocenters. The number of alkyl halides is 3. The molecule has 0 aliphatic carbocycles. The molecule has 1 amide bonds. The molecule has 0 radical (unpaired) electrons. The van der Waals surface area contributed by atoms with E-state index in [-0.39, 0.29) is 0 Å². The standard InChI is InChI=1S/C14H16F3NO3S/c1-22-10-4-2-9(3-5-10)11(8-13(20)21)18-12(19)6-7-14(15,16)17/h2-5,11H,6-8H2,1H3,(H,18,19)(H,20,21). The zero-order chi connectivity index (χ0) is 16.8. The fourth-order valence-electron chi connectivity index (χ4n) is 1.78. The molecule has 1 rings (SSSR count). The molecule has 2 N–H and O–H groups in total. The zero-order valence-electron chi connectivity index (χ0n) is 11.8. The average Bonchev–Trinajstić information content (AvgIpc) is 2.43. The van der Waals surface area contributed by atoms with Crippen LogP contribution in [0.2, 0.25) is 0 Å². The van der Waals surface area contributed by atoms with Crippen LogP contribution in [0.1, 0.15) is 30.9 Å². The molecule has 0 heterocycles. The minimum Gasteiger partial charge on any atom is -0.481 e. The highest BCUT2D eigenvalue weighted by Crippen LogP contribution is 2.23. The Labute approximate surface area is 130 Å². The van der Waals surface area contributed by atoms with Crippen LogP contribution in [0, 0.1) is 0 Å². The topological polar surface area (TPSA) is 66.4 Å². The molecule has 4 nitrogen and oxygen atoms in total. The van der Waals surface area contributed by atoms with Gasteiger partial charge in [-0.05, 0) is 24.0 Å². The number of thioether (sulfide) groups is 1. The van der Waals surface area contributed by atoms with Crippen LogP contribution in [0.25, 0.3) is 0 Å². The van der Waals surface area contributed by atoms with Gasteiger partial charge in [0.25, 0.3) is 0 Å². The van der Waals surface area contributed by atoms with Gasteiger partial charge in [-0.3, -0.25) is 9.59 Å². The second-order valence-electron chi connectivity index (χ2n) is 4.61. The van der Waals surface area contributed by atoms with Gasteiger partial charge < -0.3 is 10.4 Å². The Hall–Kier alpha value is -1.70. The van der Waals surface area contributed by atoms with Gasteiger partial charge in [-0.1, -0.05) is 12.1 Å². The molecule has 8 heteroatoms. The van der Waals surface area contributed by atoms with Gasteiger partial charge in [-0.25, -0.2) is 0 Å². The monoisotopic (exact) mass is 335 g/mol. The molecule has 0 bridgehead atoms. The highest BCUT2D eigenvalue weighted by atomic mass is 32.2. The highest BCUT2D eigenvalue weighted by molar-refractivity contribution is 7.98. The minimum atomic E-state index is -4.42. The molecule has 0 saturated heterocycles. The van der Waals surface area contributed by atoms with Crippen molar-refractivity contribution in [3.63, 3.8) is 0 Å². The summed E-state index contributed by atoms with van der Waals surface area (Å²) >= 11 is 1.50. The fourth-order valence-corrected chi connectivity index (χ4v) is 2.19. The molecule has 0 saturated carbocycles. The number of hydrogen-bond donors (Lipinski definition) is 2. The molecule has 1 atom stereocenters. The van der Waals surface area contributed by atoms with E-state index in [0.717, 1.165) is 4.90 Å². The van der Waals surface area contributed by atoms with E-state index in [1.54, 1.807) is 24.3 Å². The van der Waals surface area contributed by atoms with Gasteiger partial charge in [0.05, 0.1) is 18.9 Å². The predicted octanol–water partition coefficient (Wildman–Crippen LogP) is 3.38. The quantitative estimate of drug-likeness (QED) is 0.750. The number of rotatable bonds is 7. The summed E-state index contributed by atoms with van der Waals surface area (Å²) in [6.07, 6.45) is -4.88. The lowest BCUT2D eigenvalue weighted by Crippen LogP contribution is -2.31. The average molecular weight is 335 g/mol. The third kappa shape index (κ3) is 6.84. The second-order valence-corrected chi connectivity index (χ2v) is 5.49. The summed E-state index contributed by atoms with van der Waals surface area (Å²) in [6, 6.07) is 5.98. The Balaban J connectivity index is 2.75. The van der Waals surface area contributed by atoms with Crippen molar-refractivity contribution in [3.8, 4) is 0 Å². The summed E-state index contributed by atoms with van der Waals surface area (Å²) in [5, 5.41) is 11.2. The van der Waals surface area contributed by atoms with Crippen molar-refractivity contribution >= 4 is 23.6 Å². The molecule has 22 heavy (non-hydrogen) atoms. The van der Waals surface area contributed by atoms with E-state index < -0.39 is 43.4 Å². The number of hydrogen-bond acceptors (Lipinski definition) is 3. The van der Waals surface area contributed by atoms with Gasteiger partial charge in [-0.15, -0.1) is 11.8 Å². The number of amides is 1. The summed E-state index contributed by atoms with van der Waals surface area (Å²) in [5.74, 6) is -1.97. The number of carbonyl (C=O) groups excluding carboxylic acids is 1. The van der Waals surface area contributed by atoms with Gasteiger partial charge in [0.2, 0.25) is 5.91 Å². The van der Waals surface area contributed by atoms with E-state index >= 15 is 0 Å². The molecule has 0 aliphatic heterocycles. The second kappa shape index (κ2) is 8.07. The maximum Gasteiger partial charge on any atom is 0.389 e. The van der Waals surface area contributed by atoms with Crippen molar-refractivity contribution in [3.05, 3.63) is 29.8 Å². The number of benzene rings is 1. The summed E-state index contributed by atoms with van der Waals surface area (Å²) in [5.41, 5.74) is 0.542. The van der Waals surface area contributed by atoms with Gasteiger partial charge in [-0.2, -0.15) is 13.2 Å². The minimum absolute atomic E-state index is 0.392. The van der Waals surface area contributed by atoms with Crippen LogP contribution < -0.4 is 5.32 Å². The Kier molecular flexibility index (Phi) is 6.73. The van der Waals surface area contributed by atoms with E-state index in [4.69, 9.17) is 5.11 Å². The van der Waals surface area contributed by atoms with Crippen LogP contribution in [0.3, 0.4) is 0 Å². The normalized spacial score (nSPS) is 12.7. The number of carbonyl (C=O) groups is 2. The first-order chi connectivity index (χ1) is 10.2. The number of halogens is 3. The lowest BCUT2D eigenvalue weighted by Gasteiger charge is -2.18. The Morgan fingerprint density at radius 3 is 2.32 bits per heavy atom. The number of carboxylic acids is 1. The summed E-state index contributed by atoms with van der Waals surface area (Å²) in [7, 11) is 0. The van der Waals surface area contributed by atoms with Crippen LogP contribution in [-0.4, -0.2) is 29.4 Å².